The van der Waals surface area contributed by atoms with Crippen LogP contribution < -0.4 is 5.32 Å². The average Bonchev–Trinajstić information content (AvgIpc) is 3.24. The van der Waals surface area contributed by atoms with Gasteiger partial charge in [0.05, 0.1) is 5.69 Å². The third-order valence-corrected chi connectivity index (χ3v) is 4.89. The lowest BCUT2D eigenvalue weighted by atomic mass is 9.81. The molecule has 0 aliphatic heterocycles. The number of benzene rings is 1. The number of anilines is 1. The highest BCUT2D eigenvalue weighted by molar-refractivity contribution is 5.51. The van der Waals surface area contributed by atoms with Crippen LogP contribution >= 0.6 is 0 Å². The summed E-state index contributed by atoms with van der Waals surface area (Å²) in [6.45, 7) is 0. The van der Waals surface area contributed by atoms with Crippen molar-refractivity contribution in [3.8, 4) is 0 Å². The first-order valence-corrected chi connectivity index (χ1v) is 8.10. The van der Waals surface area contributed by atoms with Crippen molar-refractivity contribution in [2.24, 2.45) is 5.92 Å². The summed E-state index contributed by atoms with van der Waals surface area (Å²) < 4.78 is 5.44. The van der Waals surface area contributed by atoms with Crippen molar-refractivity contribution < 1.29 is 4.52 Å². The second-order valence-electron chi connectivity index (χ2n) is 6.46. The van der Waals surface area contributed by atoms with E-state index < -0.39 is 0 Å². The Labute approximate surface area is 125 Å². The van der Waals surface area contributed by atoms with E-state index in [1.807, 2.05) is 7.05 Å². The van der Waals surface area contributed by atoms with Gasteiger partial charge in [0.15, 0.2) is 0 Å². The number of rotatable bonds is 4. The van der Waals surface area contributed by atoms with Gasteiger partial charge in [0.25, 0.3) is 0 Å². The maximum atomic E-state index is 5.44. The molecule has 1 aromatic carbocycles. The van der Waals surface area contributed by atoms with E-state index in [1.165, 1.54) is 48.8 Å². The first kappa shape index (κ1) is 12.9. The minimum atomic E-state index is 0.428. The number of aromatic nitrogens is 1. The maximum absolute atomic E-state index is 5.44. The molecule has 110 valence electrons. The number of aryl methyl sites for hydroxylation is 1. The average molecular weight is 282 g/mol. The fraction of sp³-hybridized carbons (Fsp3) is 0.500. The molecule has 1 heterocycles. The van der Waals surface area contributed by atoms with Gasteiger partial charge >= 0.3 is 0 Å². The van der Waals surface area contributed by atoms with Gasteiger partial charge < -0.3 is 9.84 Å². The van der Waals surface area contributed by atoms with Crippen molar-refractivity contribution >= 4 is 5.88 Å². The topological polar surface area (TPSA) is 38.1 Å². The lowest BCUT2D eigenvalue weighted by Gasteiger charge is -2.22. The number of fused-ring (bicyclic) bond motifs is 1. The predicted molar refractivity (Wildman–Crippen MR) is 83.7 cm³/mol. The number of nitrogens with zero attached hydrogens (tertiary/aromatic N) is 1. The summed E-state index contributed by atoms with van der Waals surface area (Å²) in [5, 5.41) is 7.38. The molecule has 1 atom stereocenters. The lowest BCUT2D eigenvalue weighted by Crippen LogP contribution is -2.11. The molecule has 1 unspecified atom stereocenters. The molecule has 3 nitrogen and oxygen atoms in total. The van der Waals surface area contributed by atoms with E-state index in [9.17, 15) is 0 Å². The van der Waals surface area contributed by atoms with Crippen LogP contribution in [-0.4, -0.2) is 12.2 Å². The molecule has 1 aromatic heterocycles. The zero-order chi connectivity index (χ0) is 14.2. The third-order valence-electron chi connectivity index (χ3n) is 4.89. The van der Waals surface area contributed by atoms with Crippen LogP contribution in [0.5, 0.6) is 0 Å². The summed E-state index contributed by atoms with van der Waals surface area (Å²) >= 11 is 0. The monoisotopic (exact) mass is 282 g/mol. The van der Waals surface area contributed by atoms with Crippen LogP contribution in [-0.2, 0) is 12.8 Å². The van der Waals surface area contributed by atoms with Crippen molar-refractivity contribution in [3.63, 3.8) is 0 Å². The summed E-state index contributed by atoms with van der Waals surface area (Å²) in [6, 6.07) is 9.25. The quantitative estimate of drug-likeness (QED) is 0.916. The van der Waals surface area contributed by atoms with Crippen molar-refractivity contribution in [2.75, 3.05) is 12.4 Å². The molecule has 2 aromatic rings. The van der Waals surface area contributed by atoms with Gasteiger partial charge in [-0.15, -0.1) is 0 Å². The van der Waals surface area contributed by atoms with Gasteiger partial charge in [0.1, 0.15) is 0 Å². The molecule has 0 bridgehead atoms. The van der Waals surface area contributed by atoms with E-state index in [0.717, 1.165) is 23.9 Å². The summed E-state index contributed by atoms with van der Waals surface area (Å²) in [6.07, 6.45) is 7.50. The molecule has 1 N–H and O–H groups in total. The standard InChI is InChI=1S/C18H22N2O/c1-19-18-17-15(3-2-4-16(17)20-21-18)14-9-7-13(8-10-14)11-12-5-6-12/h7-10,12,15,19H,2-6,11H2,1H3. The van der Waals surface area contributed by atoms with Gasteiger partial charge in [-0.2, -0.15) is 0 Å². The normalized spacial score (nSPS) is 21.1. The third kappa shape index (κ3) is 2.45. The summed E-state index contributed by atoms with van der Waals surface area (Å²) in [4.78, 5) is 0. The largest absolute Gasteiger partial charge is 0.357 e. The van der Waals surface area contributed by atoms with Crippen molar-refractivity contribution in [1.82, 2.24) is 5.16 Å². The minimum absolute atomic E-state index is 0.428. The molecular weight excluding hydrogens is 260 g/mol. The molecule has 21 heavy (non-hydrogen) atoms. The van der Waals surface area contributed by atoms with E-state index >= 15 is 0 Å². The van der Waals surface area contributed by atoms with E-state index in [0.29, 0.717) is 5.92 Å². The molecule has 3 heteroatoms. The Balaban J connectivity index is 1.62. The van der Waals surface area contributed by atoms with Crippen LogP contribution in [0.1, 0.15) is 54.0 Å². The van der Waals surface area contributed by atoms with Crippen molar-refractivity contribution in [3.05, 3.63) is 46.6 Å². The smallest absolute Gasteiger partial charge is 0.228 e. The Morgan fingerprint density at radius 2 is 2.00 bits per heavy atom. The van der Waals surface area contributed by atoms with Crippen molar-refractivity contribution in [1.29, 1.82) is 0 Å². The molecular formula is C18H22N2O. The van der Waals surface area contributed by atoms with Gasteiger partial charge in [-0.05, 0) is 55.6 Å². The molecule has 0 spiro atoms. The van der Waals surface area contributed by atoms with E-state index in [-0.39, 0.29) is 0 Å². The van der Waals surface area contributed by atoms with E-state index in [2.05, 4.69) is 34.7 Å². The molecule has 0 radical (unpaired) electrons. The Morgan fingerprint density at radius 1 is 1.19 bits per heavy atom. The summed E-state index contributed by atoms with van der Waals surface area (Å²) in [5.74, 6) is 2.22. The first-order valence-electron chi connectivity index (χ1n) is 8.10. The second kappa shape index (κ2) is 5.21. The van der Waals surface area contributed by atoms with Crippen LogP contribution in [0, 0.1) is 5.92 Å². The van der Waals surface area contributed by atoms with Crippen LogP contribution in [0.4, 0.5) is 5.88 Å². The molecule has 1 saturated carbocycles. The number of hydrogen-bond acceptors (Lipinski definition) is 3. The Morgan fingerprint density at radius 3 is 2.71 bits per heavy atom. The molecule has 4 rings (SSSR count). The highest BCUT2D eigenvalue weighted by Crippen LogP contribution is 2.41. The predicted octanol–water partition coefficient (Wildman–Crippen LogP) is 4.14. The summed E-state index contributed by atoms with van der Waals surface area (Å²) in [5.41, 5.74) is 5.29. The minimum Gasteiger partial charge on any atom is -0.357 e. The molecule has 0 amide bonds. The zero-order valence-electron chi connectivity index (χ0n) is 12.6. The van der Waals surface area contributed by atoms with Crippen molar-refractivity contribution in [2.45, 2.75) is 44.4 Å². The van der Waals surface area contributed by atoms with Crippen LogP contribution in [0.3, 0.4) is 0 Å². The highest BCUT2D eigenvalue weighted by Gasteiger charge is 2.29. The van der Waals surface area contributed by atoms with Gasteiger partial charge in [0.2, 0.25) is 5.88 Å². The molecule has 2 aliphatic carbocycles. The van der Waals surface area contributed by atoms with Crippen LogP contribution in [0.2, 0.25) is 0 Å². The molecule has 1 fully saturated rings. The van der Waals surface area contributed by atoms with E-state index in [4.69, 9.17) is 4.52 Å². The fourth-order valence-electron chi connectivity index (χ4n) is 3.54. The van der Waals surface area contributed by atoms with Gasteiger partial charge in [-0.3, -0.25) is 0 Å². The van der Waals surface area contributed by atoms with E-state index in [1.54, 1.807) is 0 Å². The molecule has 2 aliphatic rings. The fourth-order valence-corrected chi connectivity index (χ4v) is 3.54. The molecule has 0 saturated heterocycles. The van der Waals surface area contributed by atoms with Gasteiger partial charge in [-0.25, -0.2) is 0 Å². The van der Waals surface area contributed by atoms with Gasteiger partial charge in [0, 0.05) is 18.5 Å². The second-order valence-corrected chi connectivity index (χ2v) is 6.46. The Kier molecular flexibility index (Phi) is 3.21. The van der Waals surface area contributed by atoms with Crippen LogP contribution in [0.25, 0.3) is 0 Å². The highest BCUT2D eigenvalue weighted by atomic mass is 16.5. The summed E-state index contributed by atoms with van der Waals surface area (Å²) in [7, 11) is 1.91. The Bertz CT molecular complexity index is 612. The first-order chi connectivity index (χ1) is 10.3. The number of hydrogen-bond donors (Lipinski definition) is 1. The lowest BCUT2D eigenvalue weighted by molar-refractivity contribution is 0.424. The SMILES string of the molecule is CNc1onc2c1C(c1ccc(CC3CC3)cc1)CCC2. The number of nitrogens with one attached hydrogen (secondary N) is 1. The van der Waals surface area contributed by atoms with Gasteiger partial charge in [-0.1, -0.05) is 29.4 Å². The zero-order valence-corrected chi connectivity index (χ0v) is 12.6. The Hall–Kier alpha value is -1.77. The maximum Gasteiger partial charge on any atom is 0.228 e. The van der Waals surface area contributed by atoms with Crippen LogP contribution in [0.15, 0.2) is 28.8 Å².